The topological polar surface area (TPSA) is 141 Å². The monoisotopic (exact) mass is 595 g/mol. The van der Waals surface area contributed by atoms with Gasteiger partial charge >= 0.3 is 18.1 Å². The summed E-state index contributed by atoms with van der Waals surface area (Å²) in [5.41, 5.74) is 6.72. The zero-order chi connectivity index (χ0) is 29.5. The van der Waals surface area contributed by atoms with E-state index in [1.54, 1.807) is 12.1 Å². The van der Waals surface area contributed by atoms with Gasteiger partial charge in [0.1, 0.15) is 4.90 Å². The van der Waals surface area contributed by atoms with Crippen molar-refractivity contribution in [1.29, 1.82) is 0 Å². The number of benzene rings is 3. The highest BCUT2D eigenvalue weighted by molar-refractivity contribution is 7.90. The summed E-state index contributed by atoms with van der Waals surface area (Å²) in [4.78, 5) is 22.0. The molecule has 3 N–H and O–H groups in total. The maximum Gasteiger partial charge on any atom is 0.490 e. The molecule has 40 heavy (non-hydrogen) atoms. The largest absolute Gasteiger partial charge is 0.490 e. The van der Waals surface area contributed by atoms with E-state index in [0.29, 0.717) is 24.3 Å². The van der Waals surface area contributed by atoms with Gasteiger partial charge < -0.3 is 20.1 Å². The van der Waals surface area contributed by atoms with Crippen molar-refractivity contribution >= 4 is 44.1 Å². The zero-order valence-corrected chi connectivity index (χ0v) is 22.6. The number of fused-ring (bicyclic) bond motifs is 1. The minimum Gasteiger partial charge on any atom is -0.475 e. The quantitative estimate of drug-likeness (QED) is 0.308. The molecule has 0 atom stereocenters. The second kappa shape index (κ2) is 12.9. The minimum absolute atomic E-state index is 0.0527. The van der Waals surface area contributed by atoms with E-state index in [2.05, 4.69) is 4.40 Å². The first kappa shape index (κ1) is 30.5. The predicted octanol–water partition coefficient (Wildman–Crippen LogP) is 3.96. The summed E-state index contributed by atoms with van der Waals surface area (Å²) in [6, 6.07) is 20.0. The molecule has 9 nitrogen and oxygen atoms in total. The van der Waals surface area contributed by atoms with Crippen LogP contribution in [0.1, 0.15) is 20.8 Å². The molecule has 0 spiro atoms. The van der Waals surface area contributed by atoms with E-state index in [9.17, 15) is 26.4 Å². The van der Waals surface area contributed by atoms with Crippen LogP contribution in [0, 0.1) is 0 Å². The molecule has 3 aromatic carbocycles. The number of halogens is 3. The normalized spacial score (nSPS) is 12.1. The number of rotatable bonds is 7. The molecular formula is C26H24F3N3O6S2. The first-order chi connectivity index (χ1) is 18.9. The number of carbonyl (C=O) groups is 2. The average molecular weight is 596 g/mol. The molecular weight excluding hydrogens is 571 g/mol. The van der Waals surface area contributed by atoms with Crippen LogP contribution < -0.4 is 10.5 Å². The van der Waals surface area contributed by atoms with Crippen molar-refractivity contribution in [2.75, 3.05) is 13.7 Å². The van der Waals surface area contributed by atoms with Crippen molar-refractivity contribution in [3.63, 3.8) is 0 Å². The molecule has 4 aromatic rings. The Morgan fingerprint density at radius 2 is 1.68 bits per heavy atom. The molecule has 0 radical (unpaired) electrons. The maximum absolute atomic E-state index is 13.2. The Hall–Kier alpha value is -4.01. The number of sulfonamides is 1. The van der Waals surface area contributed by atoms with Crippen molar-refractivity contribution in [2.45, 2.75) is 24.0 Å². The Bertz CT molecular complexity index is 1690. The SMILES string of the molecule is COC(=O)c1ccccc1S(=O)(=O)/N=c1\sc(CCN)cn1Cc1cccc2ccccc12.O=C(O)C(F)(F)F. The van der Waals surface area contributed by atoms with Gasteiger partial charge in [0.15, 0.2) is 0 Å². The number of esters is 1. The molecule has 0 fully saturated rings. The number of alkyl halides is 3. The van der Waals surface area contributed by atoms with Crippen molar-refractivity contribution in [3.8, 4) is 0 Å². The number of nitrogens with two attached hydrogens (primary N) is 1. The van der Waals surface area contributed by atoms with Crippen LogP contribution >= 0.6 is 11.3 Å². The van der Waals surface area contributed by atoms with Crippen LogP contribution in [0.3, 0.4) is 0 Å². The van der Waals surface area contributed by atoms with Gasteiger partial charge in [0, 0.05) is 11.1 Å². The lowest BCUT2D eigenvalue weighted by Gasteiger charge is -2.08. The maximum atomic E-state index is 13.2. The van der Waals surface area contributed by atoms with Gasteiger partial charge in [-0.1, -0.05) is 54.6 Å². The number of aromatic nitrogens is 1. The van der Waals surface area contributed by atoms with Gasteiger partial charge in [-0.05, 0) is 41.4 Å². The smallest absolute Gasteiger partial charge is 0.475 e. The van der Waals surface area contributed by atoms with Crippen LogP contribution in [-0.4, -0.2) is 49.9 Å². The molecule has 0 amide bonds. The Balaban J connectivity index is 0.000000559. The molecule has 0 saturated heterocycles. The Kier molecular flexibility index (Phi) is 9.84. The number of carboxylic acid groups (broad SMARTS) is 1. The van der Waals surface area contributed by atoms with Crippen LogP contribution in [0.15, 0.2) is 82.2 Å². The number of ether oxygens (including phenoxy) is 1. The van der Waals surface area contributed by atoms with E-state index in [4.69, 9.17) is 20.4 Å². The first-order valence-corrected chi connectivity index (χ1v) is 13.8. The van der Waals surface area contributed by atoms with Crippen molar-refractivity contribution in [3.05, 3.63) is 93.7 Å². The molecule has 1 aromatic heterocycles. The van der Waals surface area contributed by atoms with E-state index < -0.39 is 28.1 Å². The molecule has 0 aliphatic carbocycles. The van der Waals surface area contributed by atoms with Gasteiger partial charge in [-0.3, -0.25) is 0 Å². The molecule has 0 aliphatic heterocycles. The summed E-state index contributed by atoms with van der Waals surface area (Å²) in [7, 11) is -2.97. The van der Waals surface area contributed by atoms with E-state index in [-0.39, 0.29) is 10.5 Å². The van der Waals surface area contributed by atoms with Crippen LogP contribution in [0.2, 0.25) is 0 Å². The van der Waals surface area contributed by atoms with Crippen molar-refractivity contribution in [1.82, 2.24) is 4.57 Å². The van der Waals surface area contributed by atoms with Crippen LogP contribution in [-0.2, 0) is 32.5 Å². The summed E-state index contributed by atoms with van der Waals surface area (Å²) >= 11 is 1.27. The Morgan fingerprint density at radius 1 is 1.05 bits per heavy atom. The van der Waals surface area contributed by atoms with Crippen LogP contribution in [0.5, 0.6) is 0 Å². The molecule has 14 heteroatoms. The highest BCUT2D eigenvalue weighted by Gasteiger charge is 2.38. The van der Waals surface area contributed by atoms with E-state index >= 15 is 0 Å². The lowest BCUT2D eigenvalue weighted by Crippen LogP contribution is -2.21. The van der Waals surface area contributed by atoms with Gasteiger partial charge in [0.05, 0.1) is 19.2 Å². The number of methoxy groups -OCH3 is 1. The molecule has 0 aliphatic rings. The van der Waals surface area contributed by atoms with Gasteiger partial charge in [-0.15, -0.1) is 15.7 Å². The molecule has 0 saturated carbocycles. The third-order valence-corrected chi connectivity index (χ3v) is 7.91. The predicted molar refractivity (Wildman–Crippen MR) is 142 cm³/mol. The third kappa shape index (κ3) is 7.55. The number of carboxylic acids is 1. The summed E-state index contributed by atoms with van der Waals surface area (Å²) in [5, 5.41) is 9.31. The first-order valence-electron chi connectivity index (χ1n) is 11.5. The fourth-order valence-electron chi connectivity index (χ4n) is 3.61. The van der Waals surface area contributed by atoms with E-state index in [0.717, 1.165) is 21.2 Å². The second-order valence-electron chi connectivity index (χ2n) is 8.14. The summed E-state index contributed by atoms with van der Waals surface area (Å²) in [6.45, 7) is 0.877. The zero-order valence-electron chi connectivity index (χ0n) is 21.0. The highest BCUT2D eigenvalue weighted by atomic mass is 32.2. The fraction of sp³-hybridized carbons (Fsp3) is 0.192. The fourth-order valence-corrected chi connectivity index (χ4v) is 6.01. The number of aliphatic carboxylic acids is 1. The highest BCUT2D eigenvalue weighted by Crippen LogP contribution is 2.21. The minimum atomic E-state index is -5.08. The molecule has 212 valence electrons. The van der Waals surface area contributed by atoms with Gasteiger partial charge in [-0.2, -0.15) is 21.6 Å². The lowest BCUT2D eigenvalue weighted by atomic mass is 10.0. The van der Waals surface area contributed by atoms with Crippen molar-refractivity contribution < 1.29 is 41.0 Å². The van der Waals surface area contributed by atoms with Gasteiger partial charge in [0.25, 0.3) is 10.0 Å². The Morgan fingerprint density at radius 3 is 2.33 bits per heavy atom. The number of hydrogen-bond donors (Lipinski definition) is 2. The molecule has 0 unspecified atom stereocenters. The second-order valence-corrected chi connectivity index (χ2v) is 10.8. The third-order valence-electron chi connectivity index (χ3n) is 5.39. The van der Waals surface area contributed by atoms with E-state index in [1.807, 2.05) is 53.2 Å². The number of thiazole rings is 1. The molecule has 4 rings (SSSR count). The van der Waals surface area contributed by atoms with Crippen LogP contribution in [0.4, 0.5) is 13.2 Å². The summed E-state index contributed by atoms with van der Waals surface area (Å²) in [6.07, 6.45) is -2.59. The standard InChI is InChI=1S/C24H23N3O4S2.C2HF3O2/c1-31-23(28)21-11-4-5-12-22(21)33(29,30)26-24-27(16-19(32-24)13-14-25)15-18-9-6-8-17-7-2-3-10-20(17)18;3-2(4,5)1(6)7/h2-12,16H,13-15,25H2,1H3;(H,6,7)/b26-24-;. The van der Waals surface area contributed by atoms with Gasteiger partial charge in [0.2, 0.25) is 4.80 Å². The van der Waals surface area contributed by atoms with Crippen molar-refractivity contribution in [2.24, 2.45) is 10.1 Å². The molecule has 1 heterocycles. The Labute approximate surface area is 231 Å². The average Bonchev–Trinajstić information content (AvgIpc) is 3.28. The lowest BCUT2D eigenvalue weighted by molar-refractivity contribution is -0.192. The number of carbonyl (C=O) groups excluding carboxylic acids is 1. The number of hydrogen-bond acceptors (Lipinski definition) is 7. The summed E-state index contributed by atoms with van der Waals surface area (Å²) in [5.74, 6) is -3.49. The van der Waals surface area contributed by atoms with Crippen LogP contribution in [0.25, 0.3) is 10.8 Å². The van der Waals surface area contributed by atoms with Gasteiger partial charge in [-0.25, -0.2) is 9.59 Å². The van der Waals surface area contributed by atoms with E-state index in [1.165, 1.54) is 30.6 Å². The summed E-state index contributed by atoms with van der Waals surface area (Å²) < 4.78 is 68.9. The molecule has 0 bridgehead atoms. The number of nitrogens with zero attached hydrogens (tertiary/aromatic N) is 2.